The molecule has 0 radical (unpaired) electrons. The number of nitrogens with one attached hydrogen (secondary N) is 1. The number of hydrogen-bond acceptors (Lipinski definition) is 13. The summed E-state index contributed by atoms with van der Waals surface area (Å²) in [6, 6.07) is 8.22. The highest BCUT2D eigenvalue weighted by molar-refractivity contribution is 6.31. The van der Waals surface area contributed by atoms with Crippen LogP contribution in [0.5, 0.6) is 0 Å². The van der Waals surface area contributed by atoms with Gasteiger partial charge in [-0.3, -0.25) is 14.7 Å². The molecule has 3 N–H and O–H groups in total. The number of piperazine rings is 1. The molecule has 1 amide bonds. The number of pyridine rings is 1. The van der Waals surface area contributed by atoms with Gasteiger partial charge in [-0.2, -0.15) is 0 Å². The molecule has 388 valence electrons. The number of hydrogen-bond donors (Lipinski definition) is 3. The first-order chi connectivity index (χ1) is 35.3. The lowest BCUT2D eigenvalue weighted by Gasteiger charge is -2.32. The Morgan fingerprint density at radius 2 is 1.33 bits per heavy atom. The lowest BCUT2D eigenvalue weighted by Crippen LogP contribution is -2.48. The summed E-state index contributed by atoms with van der Waals surface area (Å²) in [6.45, 7) is 19.0. The minimum Gasteiger partial charge on any atom is -0.396 e. The maximum absolute atomic E-state index is 11.6. The van der Waals surface area contributed by atoms with Gasteiger partial charge >= 0.3 is 0 Å². The summed E-state index contributed by atoms with van der Waals surface area (Å²) in [4.78, 5) is 44.8. The fourth-order valence-electron chi connectivity index (χ4n) is 12.0. The molecule has 5 aliphatic rings. The van der Waals surface area contributed by atoms with Gasteiger partial charge in [-0.05, 0) is 101 Å². The molecule has 0 saturated carbocycles. The highest BCUT2D eigenvalue weighted by atomic mass is 35.5. The topological polar surface area (TPSA) is 165 Å². The van der Waals surface area contributed by atoms with E-state index in [4.69, 9.17) is 11.6 Å². The van der Waals surface area contributed by atoms with E-state index in [-0.39, 0.29) is 5.91 Å². The van der Waals surface area contributed by atoms with Gasteiger partial charge in [0.05, 0.1) is 24.8 Å². The first-order valence-electron chi connectivity index (χ1n) is 26.2. The summed E-state index contributed by atoms with van der Waals surface area (Å²) in [5.41, 5.74) is 12.5. The molecule has 11 heterocycles. The summed E-state index contributed by atoms with van der Waals surface area (Å²) in [7, 11) is 6.50. The Balaban J connectivity index is 0.000000126. The van der Waals surface area contributed by atoms with Gasteiger partial charge in [0, 0.05) is 185 Å². The number of carbonyl (C=O) groups is 1. The van der Waals surface area contributed by atoms with Gasteiger partial charge in [0.25, 0.3) is 0 Å². The number of halogens is 1. The Hall–Kier alpha value is -5.37. The number of likely N-dealkylation sites (N-methyl/N-ethyl adjacent to an activating group) is 3. The van der Waals surface area contributed by atoms with Crippen LogP contribution >= 0.6 is 11.6 Å². The van der Waals surface area contributed by atoms with Crippen LogP contribution < -0.4 is 5.32 Å². The van der Waals surface area contributed by atoms with Crippen LogP contribution in [0.2, 0.25) is 5.02 Å². The summed E-state index contributed by atoms with van der Waals surface area (Å²) < 4.78 is 7.10. The predicted octanol–water partition coefficient (Wildman–Crippen LogP) is 4.87. The fraction of sp³-hybridized carbons (Fsp3) is 0.527. The van der Waals surface area contributed by atoms with Gasteiger partial charge in [0.15, 0.2) is 0 Å². The average Bonchev–Trinajstić information content (AvgIpc) is 3.98. The number of nitrogens with zero attached hydrogens (tertiary/aromatic N) is 13. The molecule has 18 heteroatoms. The molecule has 2 atom stereocenters. The molecule has 0 bridgehead atoms. The summed E-state index contributed by atoms with van der Waals surface area (Å²) in [6.07, 6.45) is 16.0. The summed E-state index contributed by atoms with van der Waals surface area (Å²) >= 11 is 6.25. The summed E-state index contributed by atoms with van der Waals surface area (Å²) in [5.74, 6) is 0.588. The van der Waals surface area contributed by atoms with E-state index in [1.807, 2.05) is 37.5 Å². The van der Waals surface area contributed by atoms with Crippen molar-refractivity contribution in [1.29, 1.82) is 0 Å². The van der Waals surface area contributed by atoms with E-state index in [1.165, 1.54) is 68.2 Å². The van der Waals surface area contributed by atoms with E-state index in [0.29, 0.717) is 31.2 Å². The summed E-state index contributed by atoms with van der Waals surface area (Å²) in [5, 5.41) is 27.9. The van der Waals surface area contributed by atoms with Gasteiger partial charge < -0.3 is 48.8 Å². The van der Waals surface area contributed by atoms with Crippen molar-refractivity contribution in [2.75, 3.05) is 93.2 Å². The second-order valence-electron chi connectivity index (χ2n) is 21.4. The number of aliphatic hydroxyl groups excluding tert-OH is 1. The molecule has 6 aromatic heterocycles. The zero-order valence-corrected chi connectivity index (χ0v) is 44.2. The van der Waals surface area contributed by atoms with E-state index in [2.05, 4.69) is 103 Å². The number of benzene rings is 1. The van der Waals surface area contributed by atoms with Gasteiger partial charge in [-0.1, -0.05) is 11.6 Å². The van der Waals surface area contributed by atoms with E-state index >= 15 is 0 Å². The lowest BCUT2D eigenvalue weighted by atomic mass is 9.98. The van der Waals surface area contributed by atoms with Crippen molar-refractivity contribution in [2.24, 2.45) is 5.92 Å². The van der Waals surface area contributed by atoms with Crippen molar-refractivity contribution in [3.8, 4) is 0 Å². The second-order valence-corrected chi connectivity index (χ2v) is 21.8. The average molecular weight is 1010 g/mol. The Bertz CT molecular complexity index is 3060. The number of aryl methyl sites for hydroxylation is 1. The Morgan fingerprint density at radius 1 is 0.699 bits per heavy atom. The molecule has 73 heavy (non-hydrogen) atoms. The number of fused-ring (bicyclic) bond motifs is 9. The van der Waals surface area contributed by atoms with Crippen LogP contribution in [0.3, 0.4) is 0 Å². The van der Waals surface area contributed by atoms with E-state index in [0.717, 1.165) is 139 Å². The quantitative estimate of drug-likeness (QED) is 0.170. The molecule has 2 saturated heterocycles. The third-order valence-corrected chi connectivity index (χ3v) is 16.1. The van der Waals surface area contributed by atoms with Crippen LogP contribution in [0, 0.1) is 12.8 Å². The van der Waals surface area contributed by atoms with E-state index in [1.54, 1.807) is 18.7 Å². The maximum atomic E-state index is 11.6. The SMILES string of the molecule is CN1CCc2c(c3cc(Cl)ccc3n2C[C@](C)(O)c2cncnc2)C1.CN1CCc2c(c3cncnc3n2CCN2CCCC(CO)C2)C1.Cc1cc2c3c(n(CCN4CCNC(=O)C4)c2cn1)CCN(C)C3. The third-order valence-electron chi connectivity index (χ3n) is 15.9. The van der Waals surface area contributed by atoms with E-state index < -0.39 is 5.60 Å². The van der Waals surface area contributed by atoms with Crippen LogP contribution in [0.25, 0.3) is 32.8 Å². The zero-order chi connectivity index (χ0) is 50.8. The molecule has 2 fully saturated rings. The lowest BCUT2D eigenvalue weighted by molar-refractivity contribution is -0.124. The number of rotatable bonds is 10. The predicted molar refractivity (Wildman–Crippen MR) is 286 cm³/mol. The number of aliphatic hydroxyl groups is 2. The van der Waals surface area contributed by atoms with E-state index in [9.17, 15) is 15.0 Å². The highest BCUT2D eigenvalue weighted by Gasteiger charge is 2.31. The molecule has 0 spiro atoms. The van der Waals surface area contributed by atoms with Crippen LogP contribution in [0.1, 0.15) is 64.8 Å². The van der Waals surface area contributed by atoms with Gasteiger partial charge in [0.2, 0.25) is 5.91 Å². The first-order valence-corrected chi connectivity index (χ1v) is 26.6. The Kier molecular flexibility index (Phi) is 15.6. The molecule has 17 nitrogen and oxygen atoms in total. The highest BCUT2D eigenvalue weighted by Crippen LogP contribution is 2.36. The second kappa shape index (κ2) is 22.2. The van der Waals surface area contributed by atoms with Gasteiger partial charge in [0.1, 0.15) is 23.9 Å². The zero-order valence-electron chi connectivity index (χ0n) is 43.4. The maximum Gasteiger partial charge on any atom is 0.234 e. The number of likely N-dealkylation sites (tertiary alicyclic amines) is 1. The largest absolute Gasteiger partial charge is 0.396 e. The minimum atomic E-state index is -1.05. The monoisotopic (exact) mass is 1010 g/mol. The normalized spacial score (nSPS) is 19.9. The molecule has 7 aromatic rings. The Morgan fingerprint density at radius 3 is 2.03 bits per heavy atom. The first kappa shape index (κ1) is 51.1. The van der Waals surface area contributed by atoms with Crippen LogP contribution in [-0.2, 0) is 68.9 Å². The number of carbonyl (C=O) groups excluding carboxylic acids is 1. The number of aromatic nitrogens is 8. The van der Waals surface area contributed by atoms with Crippen molar-refractivity contribution >= 4 is 50.3 Å². The smallest absolute Gasteiger partial charge is 0.234 e. The molecule has 0 aliphatic carbocycles. The fourth-order valence-corrected chi connectivity index (χ4v) is 12.1. The van der Waals surface area contributed by atoms with Crippen LogP contribution in [-0.4, -0.2) is 172 Å². The van der Waals surface area contributed by atoms with Gasteiger partial charge in [-0.15, -0.1) is 0 Å². The van der Waals surface area contributed by atoms with Crippen molar-refractivity contribution in [3.05, 3.63) is 112 Å². The third kappa shape index (κ3) is 11.2. The standard InChI is InChI=1S/C19H21ClN4O.C18H25N5O.C18H27N5O/c1-19(25,13-8-21-12-22-9-13)11-24-17-4-3-14(20)7-15(17)16-10-23(2)6-5-18(16)24;1-13-9-14-15-11-21(2)5-3-16(15)23(17(14)10-20-13)8-7-22-6-4-19-18(24)12-22;1-21-6-4-17-16(11-21)15-9-19-13-20-18(15)23(17)8-7-22-5-2-3-14(10-22)12-24/h3-4,7-9,12,25H,5-6,10-11H2,1-2H3;9-10H,3-8,11-12H2,1-2H3,(H,19,24);9,13-14,24H,2-8,10-12H2,1H3/t19-;;/m0../s1. The van der Waals surface area contributed by atoms with Gasteiger partial charge in [-0.25, -0.2) is 19.9 Å². The molecular formula is C55H73ClN14O3. The minimum absolute atomic E-state index is 0.138. The molecule has 1 unspecified atom stereocenters. The van der Waals surface area contributed by atoms with Crippen molar-refractivity contribution in [2.45, 2.75) is 90.8 Å². The molecule has 12 rings (SSSR count). The molecule has 5 aliphatic heterocycles. The van der Waals surface area contributed by atoms with Crippen molar-refractivity contribution < 1.29 is 15.0 Å². The van der Waals surface area contributed by atoms with Crippen molar-refractivity contribution in [3.63, 3.8) is 0 Å². The molecular weight excluding hydrogens is 940 g/mol. The number of amides is 1. The Labute approximate surface area is 433 Å². The van der Waals surface area contributed by atoms with Crippen LogP contribution in [0.15, 0.2) is 61.7 Å². The molecule has 1 aromatic carbocycles. The number of piperidine rings is 1. The van der Waals surface area contributed by atoms with Crippen LogP contribution in [0.4, 0.5) is 0 Å². The van der Waals surface area contributed by atoms with Crippen molar-refractivity contribution in [1.82, 2.24) is 68.4 Å².